The van der Waals surface area contributed by atoms with Crippen molar-refractivity contribution in [2.75, 3.05) is 11.9 Å². The van der Waals surface area contributed by atoms with Crippen molar-refractivity contribution in [1.29, 1.82) is 0 Å². The molecule has 0 atom stereocenters. The van der Waals surface area contributed by atoms with Gasteiger partial charge in [-0.1, -0.05) is 12.1 Å². The van der Waals surface area contributed by atoms with Crippen molar-refractivity contribution in [1.82, 2.24) is 9.97 Å². The van der Waals surface area contributed by atoms with E-state index in [-0.39, 0.29) is 11.6 Å². The normalized spacial score (nSPS) is 10.9. The smallest absolute Gasteiger partial charge is 0.201 e. The number of imidazole rings is 1. The van der Waals surface area contributed by atoms with Gasteiger partial charge in [-0.2, -0.15) is 0 Å². The van der Waals surface area contributed by atoms with E-state index in [1.807, 2.05) is 0 Å². The molecule has 0 aliphatic heterocycles. The van der Waals surface area contributed by atoms with Crippen LogP contribution in [-0.2, 0) is 6.42 Å². The van der Waals surface area contributed by atoms with Crippen LogP contribution < -0.4 is 5.32 Å². The molecule has 2 aromatic carbocycles. The number of hydrogen-bond donors (Lipinski definition) is 2. The van der Waals surface area contributed by atoms with E-state index in [4.69, 9.17) is 0 Å². The molecule has 102 valence electrons. The molecular weight excluding hydrogens is 260 g/mol. The van der Waals surface area contributed by atoms with Crippen molar-refractivity contribution < 1.29 is 8.78 Å². The quantitative estimate of drug-likeness (QED) is 0.764. The summed E-state index contributed by atoms with van der Waals surface area (Å²) in [5.41, 5.74) is 2.42. The van der Waals surface area contributed by atoms with Gasteiger partial charge in [0.15, 0.2) is 0 Å². The summed E-state index contributed by atoms with van der Waals surface area (Å²) < 4.78 is 25.8. The van der Waals surface area contributed by atoms with Crippen LogP contribution in [0.15, 0.2) is 42.5 Å². The summed E-state index contributed by atoms with van der Waals surface area (Å²) in [5, 5.41) is 3.13. The summed E-state index contributed by atoms with van der Waals surface area (Å²) in [6.45, 7) is 0.661. The summed E-state index contributed by atoms with van der Waals surface area (Å²) in [5.74, 6) is 0.0766. The summed E-state index contributed by atoms with van der Waals surface area (Å²) in [6, 6.07) is 10.8. The minimum atomic E-state index is -0.293. The molecule has 0 saturated carbocycles. The molecule has 0 saturated heterocycles. The zero-order valence-corrected chi connectivity index (χ0v) is 10.7. The van der Waals surface area contributed by atoms with E-state index in [9.17, 15) is 8.78 Å². The summed E-state index contributed by atoms with van der Waals surface area (Å²) >= 11 is 0. The standard InChI is InChI=1S/C15H13F2N3/c16-11-3-1-10(2-4-11)7-8-18-15-19-13-6-5-12(17)9-14(13)20-15/h1-6,9H,7-8H2,(H2,18,19,20). The molecule has 1 heterocycles. The minimum Gasteiger partial charge on any atom is -0.355 e. The van der Waals surface area contributed by atoms with Gasteiger partial charge in [-0.3, -0.25) is 0 Å². The Balaban J connectivity index is 1.63. The van der Waals surface area contributed by atoms with E-state index >= 15 is 0 Å². The number of aromatic nitrogens is 2. The van der Waals surface area contributed by atoms with Gasteiger partial charge in [-0.15, -0.1) is 0 Å². The highest BCUT2D eigenvalue weighted by Crippen LogP contribution is 2.15. The van der Waals surface area contributed by atoms with Crippen molar-refractivity contribution >= 4 is 17.0 Å². The van der Waals surface area contributed by atoms with Crippen LogP contribution in [0.4, 0.5) is 14.7 Å². The lowest BCUT2D eigenvalue weighted by Crippen LogP contribution is -2.05. The number of halogens is 2. The molecule has 0 bridgehead atoms. The van der Waals surface area contributed by atoms with Crippen LogP contribution in [0.1, 0.15) is 5.56 Å². The van der Waals surface area contributed by atoms with Gasteiger partial charge in [0.1, 0.15) is 11.6 Å². The van der Waals surface area contributed by atoms with E-state index in [0.29, 0.717) is 18.0 Å². The highest BCUT2D eigenvalue weighted by Gasteiger charge is 2.03. The van der Waals surface area contributed by atoms with E-state index in [1.54, 1.807) is 18.2 Å². The fourth-order valence-corrected chi connectivity index (χ4v) is 2.04. The van der Waals surface area contributed by atoms with Gasteiger partial charge >= 0.3 is 0 Å². The molecule has 0 unspecified atom stereocenters. The molecule has 0 radical (unpaired) electrons. The van der Waals surface area contributed by atoms with Crippen LogP contribution in [0.3, 0.4) is 0 Å². The highest BCUT2D eigenvalue weighted by atomic mass is 19.1. The number of fused-ring (bicyclic) bond motifs is 1. The molecule has 3 rings (SSSR count). The van der Waals surface area contributed by atoms with Crippen LogP contribution in [0.2, 0.25) is 0 Å². The van der Waals surface area contributed by atoms with Crippen LogP contribution >= 0.6 is 0 Å². The van der Waals surface area contributed by atoms with Gasteiger partial charge in [0.2, 0.25) is 5.95 Å². The molecule has 3 nitrogen and oxygen atoms in total. The van der Waals surface area contributed by atoms with Crippen LogP contribution in [-0.4, -0.2) is 16.5 Å². The minimum absolute atomic E-state index is 0.235. The SMILES string of the molecule is Fc1ccc(CCNc2nc3ccc(F)cc3[nH]2)cc1. The predicted octanol–water partition coefficient (Wildman–Crippen LogP) is 3.50. The number of anilines is 1. The Bertz CT molecular complexity index is 720. The number of H-pyrrole nitrogens is 1. The summed E-state index contributed by atoms with van der Waals surface area (Å²) in [7, 11) is 0. The Hall–Kier alpha value is -2.43. The molecule has 20 heavy (non-hydrogen) atoms. The maximum Gasteiger partial charge on any atom is 0.201 e. The van der Waals surface area contributed by atoms with Crippen molar-refractivity contribution in [3.63, 3.8) is 0 Å². The van der Waals surface area contributed by atoms with Gasteiger partial charge < -0.3 is 10.3 Å². The van der Waals surface area contributed by atoms with Gasteiger partial charge in [-0.25, -0.2) is 13.8 Å². The molecule has 1 aromatic heterocycles. The van der Waals surface area contributed by atoms with Gasteiger partial charge in [0.25, 0.3) is 0 Å². The van der Waals surface area contributed by atoms with Crippen molar-refractivity contribution in [2.45, 2.75) is 6.42 Å². The van der Waals surface area contributed by atoms with Crippen LogP contribution in [0.5, 0.6) is 0 Å². The average molecular weight is 273 g/mol. The third kappa shape index (κ3) is 2.77. The Morgan fingerprint density at radius 1 is 1.00 bits per heavy atom. The maximum absolute atomic E-state index is 13.1. The molecule has 3 aromatic rings. The average Bonchev–Trinajstić information content (AvgIpc) is 2.83. The third-order valence-electron chi connectivity index (χ3n) is 3.06. The van der Waals surface area contributed by atoms with E-state index in [1.165, 1.54) is 24.3 Å². The lowest BCUT2D eigenvalue weighted by molar-refractivity contribution is 0.627. The fourth-order valence-electron chi connectivity index (χ4n) is 2.04. The second-order valence-corrected chi connectivity index (χ2v) is 4.55. The lowest BCUT2D eigenvalue weighted by atomic mass is 10.1. The lowest BCUT2D eigenvalue weighted by Gasteiger charge is -2.02. The highest BCUT2D eigenvalue weighted by molar-refractivity contribution is 5.77. The molecule has 0 amide bonds. The molecule has 0 spiro atoms. The molecule has 0 fully saturated rings. The Labute approximate surface area is 114 Å². The summed E-state index contributed by atoms with van der Waals surface area (Å²) in [6.07, 6.45) is 0.756. The van der Waals surface area contributed by atoms with Crippen molar-refractivity contribution in [2.24, 2.45) is 0 Å². The molecular formula is C15H13F2N3. The topological polar surface area (TPSA) is 40.7 Å². The zero-order chi connectivity index (χ0) is 13.9. The van der Waals surface area contributed by atoms with Crippen LogP contribution in [0.25, 0.3) is 11.0 Å². The largest absolute Gasteiger partial charge is 0.355 e. The fraction of sp³-hybridized carbons (Fsp3) is 0.133. The Kier molecular flexibility index (Phi) is 3.33. The predicted molar refractivity (Wildman–Crippen MR) is 74.6 cm³/mol. The number of nitrogens with zero attached hydrogens (tertiary/aromatic N) is 1. The second-order valence-electron chi connectivity index (χ2n) is 4.55. The molecule has 0 aliphatic rings. The summed E-state index contributed by atoms with van der Waals surface area (Å²) in [4.78, 5) is 7.32. The van der Waals surface area contributed by atoms with Gasteiger partial charge in [0.05, 0.1) is 11.0 Å². The number of benzene rings is 2. The first kappa shape index (κ1) is 12.6. The first-order chi connectivity index (χ1) is 9.70. The van der Waals surface area contributed by atoms with Gasteiger partial charge in [-0.05, 0) is 42.3 Å². The zero-order valence-electron chi connectivity index (χ0n) is 10.7. The third-order valence-corrected chi connectivity index (χ3v) is 3.06. The van der Waals surface area contributed by atoms with Crippen LogP contribution in [0, 0.1) is 11.6 Å². The maximum atomic E-state index is 13.1. The first-order valence-electron chi connectivity index (χ1n) is 6.34. The van der Waals surface area contributed by atoms with E-state index in [0.717, 1.165) is 17.5 Å². The Morgan fingerprint density at radius 2 is 1.75 bits per heavy atom. The van der Waals surface area contributed by atoms with E-state index in [2.05, 4.69) is 15.3 Å². The molecule has 0 aliphatic carbocycles. The number of hydrogen-bond acceptors (Lipinski definition) is 2. The molecule has 5 heteroatoms. The number of aromatic amines is 1. The Morgan fingerprint density at radius 3 is 2.55 bits per heavy atom. The van der Waals surface area contributed by atoms with Crippen molar-refractivity contribution in [3.8, 4) is 0 Å². The number of rotatable bonds is 4. The first-order valence-corrected chi connectivity index (χ1v) is 6.34. The molecule has 2 N–H and O–H groups in total. The van der Waals surface area contributed by atoms with E-state index < -0.39 is 0 Å². The van der Waals surface area contributed by atoms with Gasteiger partial charge in [0, 0.05) is 6.54 Å². The monoisotopic (exact) mass is 273 g/mol. The number of nitrogens with one attached hydrogen (secondary N) is 2. The second kappa shape index (κ2) is 5.28. The van der Waals surface area contributed by atoms with Crippen molar-refractivity contribution in [3.05, 3.63) is 59.7 Å².